The van der Waals surface area contributed by atoms with Crippen molar-refractivity contribution in [3.63, 3.8) is 0 Å². The number of hydrogen-bond donors (Lipinski definition) is 2. The third-order valence-electron chi connectivity index (χ3n) is 2.46. The van der Waals surface area contributed by atoms with Crippen LogP contribution in [0.25, 0.3) is 0 Å². The number of hydrogen-bond acceptors (Lipinski definition) is 5. The lowest BCUT2D eigenvalue weighted by molar-refractivity contribution is 0.0691. The van der Waals surface area contributed by atoms with Crippen molar-refractivity contribution in [3.8, 4) is 0 Å². The van der Waals surface area contributed by atoms with Gasteiger partial charge in [-0.1, -0.05) is 0 Å². The highest BCUT2D eigenvalue weighted by Gasteiger charge is 2.31. The normalized spacial score (nSPS) is 13.5. The second-order valence-electron chi connectivity index (χ2n) is 4.20. The number of aromatic carboxylic acids is 1. The van der Waals surface area contributed by atoms with Crippen LogP contribution in [0.4, 0.5) is 0 Å². The number of aryl methyl sites for hydroxylation is 2. The maximum Gasteiger partial charge on any atom is 0.340 e. The zero-order chi connectivity index (χ0) is 14.8. The average molecular weight is 291 g/mol. The molecule has 0 amide bonds. The first kappa shape index (κ1) is 15.7. The predicted octanol–water partition coefficient (Wildman–Crippen LogP) is 0.908. The number of rotatable bonds is 6. The molecule has 0 saturated carbocycles. The molecule has 0 aliphatic carbocycles. The van der Waals surface area contributed by atoms with Crippen molar-refractivity contribution in [2.75, 3.05) is 13.7 Å². The largest absolute Gasteiger partial charge is 0.478 e. The Kier molecular flexibility index (Phi) is 4.72. The molecule has 0 fully saturated rings. The van der Waals surface area contributed by atoms with E-state index in [1.807, 2.05) is 0 Å². The fourth-order valence-corrected chi connectivity index (χ4v) is 3.48. The number of methoxy groups -OCH3 is 1. The van der Waals surface area contributed by atoms with Crippen LogP contribution in [-0.4, -0.2) is 39.3 Å². The number of furan rings is 1. The Morgan fingerprint density at radius 2 is 2.00 bits per heavy atom. The van der Waals surface area contributed by atoms with Gasteiger partial charge < -0.3 is 14.3 Å². The number of carboxylic acid groups (broad SMARTS) is 1. The highest BCUT2D eigenvalue weighted by Crippen LogP contribution is 2.26. The Hall–Kier alpha value is -1.38. The van der Waals surface area contributed by atoms with Crippen LogP contribution >= 0.6 is 0 Å². The Balaban J connectivity index is 3.25. The summed E-state index contributed by atoms with van der Waals surface area (Å²) in [5.74, 6) is -1.23. The lowest BCUT2D eigenvalue weighted by atomic mass is 10.2. The molecule has 1 aromatic heterocycles. The zero-order valence-electron chi connectivity index (χ0n) is 11.2. The van der Waals surface area contributed by atoms with Crippen LogP contribution in [-0.2, 0) is 14.8 Å². The van der Waals surface area contributed by atoms with Gasteiger partial charge in [-0.25, -0.2) is 17.9 Å². The second kappa shape index (κ2) is 5.72. The lowest BCUT2D eigenvalue weighted by Crippen LogP contribution is -2.36. The summed E-state index contributed by atoms with van der Waals surface area (Å²) in [5, 5.41) is 9.08. The van der Waals surface area contributed by atoms with E-state index in [0.717, 1.165) is 0 Å². The zero-order valence-corrected chi connectivity index (χ0v) is 12.0. The molecule has 0 radical (unpaired) electrons. The molecule has 1 heterocycles. The second-order valence-corrected chi connectivity index (χ2v) is 5.85. The Morgan fingerprint density at radius 1 is 1.42 bits per heavy atom. The van der Waals surface area contributed by atoms with Gasteiger partial charge in [-0.3, -0.25) is 0 Å². The molecule has 7 nitrogen and oxygen atoms in total. The van der Waals surface area contributed by atoms with Crippen molar-refractivity contribution in [2.24, 2.45) is 0 Å². The molecule has 0 aliphatic rings. The summed E-state index contributed by atoms with van der Waals surface area (Å²) >= 11 is 0. The molecule has 108 valence electrons. The lowest BCUT2D eigenvalue weighted by Gasteiger charge is -2.13. The summed E-state index contributed by atoms with van der Waals surface area (Å²) in [7, 11) is -2.53. The van der Waals surface area contributed by atoms with E-state index < -0.39 is 22.0 Å². The smallest absolute Gasteiger partial charge is 0.340 e. The van der Waals surface area contributed by atoms with Gasteiger partial charge in [0.1, 0.15) is 22.0 Å². The first-order valence-corrected chi connectivity index (χ1v) is 7.03. The van der Waals surface area contributed by atoms with E-state index in [9.17, 15) is 13.2 Å². The predicted molar refractivity (Wildman–Crippen MR) is 66.8 cm³/mol. The van der Waals surface area contributed by atoms with Gasteiger partial charge in [-0.15, -0.1) is 0 Å². The molecule has 0 spiro atoms. The van der Waals surface area contributed by atoms with Crippen LogP contribution in [0.3, 0.4) is 0 Å². The highest BCUT2D eigenvalue weighted by atomic mass is 32.2. The number of carbonyl (C=O) groups is 1. The van der Waals surface area contributed by atoms with Crippen molar-refractivity contribution >= 4 is 16.0 Å². The van der Waals surface area contributed by atoms with Gasteiger partial charge in [0.05, 0.1) is 6.61 Å². The molecular weight excluding hydrogens is 274 g/mol. The van der Waals surface area contributed by atoms with Gasteiger partial charge in [-0.2, -0.15) is 0 Å². The molecule has 0 saturated heterocycles. The number of carboxylic acids is 1. The standard InChI is InChI=1S/C11H17NO6S/c1-6(5-17-4)12-19(15,16)10-8(3)18-7(2)9(10)11(13)14/h6,12H,5H2,1-4H3,(H,13,14). The van der Waals surface area contributed by atoms with E-state index in [4.69, 9.17) is 14.3 Å². The van der Waals surface area contributed by atoms with Crippen LogP contribution in [0.5, 0.6) is 0 Å². The molecule has 1 atom stereocenters. The highest BCUT2D eigenvalue weighted by molar-refractivity contribution is 7.89. The topological polar surface area (TPSA) is 106 Å². The first-order chi connectivity index (χ1) is 8.70. The third kappa shape index (κ3) is 3.34. The quantitative estimate of drug-likeness (QED) is 0.807. The molecular formula is C11H17NO6S. The van der Waals surface area contributed by atoms with E-state index in [1.54, 1.807) is 6.92 Å². The van der Waals surface area contributed by atoms with Crippen LogP contribution < -0.4 is 4.72 Å². The maximum absolute atomic E-state index is 12.2. The number of nitrogens with one attached hydrogen (secondary N) is 1. The van der Waals surface area contributed by atoms with Crippen LogP contribution in [0, 0.1) is 13.8 Å². The monoisotopic (exact) mass is 291 g/mol. The Labute approximate surface area is 111 Å². The van der Waals surface area contributed by atoms with Gasteiger partial charge >= 0.3 is 5.97 Å². The van der Waals surface area contributed by atoms with E-state index in [1.165, 1.54) is 21.0 Å². The maximum atomic E-state index is 12.2. The van der Waals surface area contributed by atoms with Gasteiger partial charge in [0.2, 0.25) is 10.0 Å². The minimum atomic E-state index is -3.97. The number of ether oxygens (including phenoxy) is 1. The summed E-state index contributed by atoms with van der Waals surface area (Å²) in [4.78, 5) is 10.8. The molecule has 0 bridgehead atoms. The minimum absolute atomic E-state index is 0.0482. The molecule has 1 aromatic rings. The van der Waals surface area contributed by atoms with Gasteiger partial charge in [0.25, 0.3) is 0 Å². The summed E-state index contributed by atoms with van der Waals surface area (Å²) < 4.78 is 36.7. The van der Waals surface area contributed by atoms with Crippen molar-refractivity contribution in [2.45, 2.75) is 31.7 Å². The first-order valence-electron chi connectivity index (χ1n) is 5.55. The molecule has 8 heteroatoms. The van der Waals surface area contributed by atoms with E-state index >= 15 is 0 Å². The van der Waals surface area contributed by atoms with Crippen LogP contribution in [0.2, 0.25) is 0 Å². The van der Waals surface area contributed by atoms with Crippen molar-refractivity contribution in [3.05, 3.63) is 17.1 Å². The molecule has 19 heavy (non-hydrogen) atoms. The van der Waals surface area contributed by atoms with E-state index in [-0.39, 0.29) is 28.6 Å². The third-order valence-corrected chi connectivity index (χ3v) is 4.20. The van der Waals surface area contributed by atoms with E-state index in [0.29, 0.717) is 0 Å². The van der Waals surface area contributed by atoms with Gasteiger partial charge in [0.15, 0.2) is 0 Å². The van der Waals surface area contributed by atoms with Crippen LogP contribution in [0.15, 0.2) is 9.31 Å². The molecule has 2 N–H and O–H groups in total. The molecule has 1 unspecified atom stereocenters. The summed E-state index contributed by atoms with van der Waals surface area (Å²) in [6, 6.07) is -0.480. The molecule has 0 aliphatic heterocycles. The molecule has 1 rings (SSSR count). The molecule has 0 aromatic carbocycles. The Morgan fingerprint density at radius 3 is 2.47 bits per heavy atom. The fourth-order valence-electron chi connectivity index (χ4n) is 1.84. The van der Waals surface area contributed by atoms with E-state index in [2.05, 4.69) is 4.72 Å². The summed E-state index contributed by atoms with van der Waals surface area (Å²) in [6.45, 7) is 4.62. The van der Waals surface area contributed by atoms with Gasteiger partial charge in [0, 0.05) is 13.2 Å². The van der Waals surface area contributed by atoms with Crippen LogP contribution in [0.1, 0.15) is 28.8 Å². The summed E-state index contributed by atoms with van der Waals surface area (Å²) in [6.07, 6.45) is 0. The Bertz CT molecular complexity index is 574. The average Bonchev–Trinajstić information content (AvgIpc) is 2.53. The fraction of sp³-hybridized carbons (Fsp3) is 0.545. The summed E-state index contributed by atoms with van der Waals surface area (Å²) in [5.41, 5.74) is -0.338. The van der Waals surface area contributed by atoms with Crippen molar-refractivity contribution in [1.29, 1.82) is 0 Å². The SMILES string of the molecule is COCC(C)NS(=O)(=O)c1c(C)oc(C)c1C(=O)O. The van der Waals surface area contributed by atoms with Crippen molar-refractivity contribution in [1.82, 2.24) is 4.72 Å². The van der Waals surface area contributed by atoms with Crippen molar-refractivity contribution < 1.29 is 27.5 Å². The minimum Gasteiger partial charge on any atom is -0.478 e. The van der Waals surface area contributed by atoms with Gasteiger partial charge in [-0.05, 0) is 20.8 Å². The number of sulfonamides is 1.